The molecule has 1 fully saturated rings. The molecule has 1 aliphatic heterocycles. The normalized spacial score (nSPS) is 22.9. The second kappa shape index (κ2) is 5.19. The first-order chi connectivity index (χ1) is 8.87. The molecule has 0 spiro atoms. The Kier molecular flexibility index (Phi) is 3.95. The highest BCUT2D eigenvalue weighted by molar-refractivity contribution is 7.92. The van der Waals surface area contributed by atoms with Crippen LogP contribution >= 0.6 is 0 Å². The lowest BCUT2D eigenvalue weighted by Crippen LogP contribution is -2.42. The van der Waals surface area contributed by atoms with Gasteiger partial charge in [0, 0.05) is 12.6 Å². The van der Waals surface area contributed by atoms with Crippen LogP contribution in [0, 0.1) is 0 Å². The van der Waals surface area contributed by atoms with Crippen molar-refractivity contribution in [2.75, 3.05) is 24.7 Å². The summed E-state index contributed by atoms with van der Waals surface area (Å²) in [5.74, 6) is -0.238. The summed E-state index contributed by atoms with van der Waals surface area (Å²) in [6.45, 7) is -0.508. The topological polar surface area (TPSA) is 120 Å². The second-order valence-corrected chi connectivity index (χ2v) is 8.40. The van der Waals surface area contributed by atoms with Gasteiger partial charge in [-0.1, -0.05) is 0 Å². The summed E-state index contributed by atoms with van der Waals surface area (Å²) in [6, 6.07) is 0.661. The van der Waals surface area contributed by atoms with Gasteiger partial charge in [0.1, 0.15) is 0 Å². The lowest BCUT2D eigenvalue weighted by atomic mass is 10.3. The minimum Gasteiger partial charge on any atom is -0.395 e. The van der Waals surface area contributed by atoms with Gasteiger partial charge in [0.25, 0.3) is 10.0 Å². The predicted molar refractivity (Wildman–Crippen MR) is 66.6 cm³/mol. The summed E-state index contributed by atoms with van der Waals surface area (Å²) < 4.78 is 48.6. The third kappa shape index (κ3) is 2.96. The van der Waals surface area contributed by atoms with Crippen molar-refractivity contribution < 1.29 is 21.9 Å². The monoisotopic (exact) mass is 309 g/mol. The van der Waals surface area contributed by atoms with Crippen LogP contribution in [-0.2, 0) is 19.9 Å². The molecule has 0 saturated carbocycles. The van der Waals surface area contributed by atoms with E-state index in [4.69, 9.17) is 5.11 Å². The molecule has 0 amide bonds. The van der Waals surface area contributed by atoms with Crippen LogP contribution < -0.4 is 0 Å². The molecular formula is C9H15N3O5S2. The fraction of sp³-hybridized carbons (Fsp3) is 0.667. The van der Waals surface area contributed by atoms with E-state index in [1.807, 2.05) is 0 Å². The molecule has 1 aromatic heterocycles. The van der Waals surface area contributed by atoms with Crippen molar-refractivity contribution in [1.29, 1.82) is 0 Å². The molecule has 0 bridgehead atoms. The maximum absolute atomic E-state index is 12.3. The molecule has 10 heteroatoms. The van der Waals surface area contributed by atoms with E-state index in [1.54, 1.807) is 0 Å². The Morgan fingerprint density at radius 1 is 1.53 bits per heavy atom. The molecule has 2 heterocycles. The van der Waals surface area contributed by atoms with Crippen molar-refractivity contribution in [2.45, 2.75) is 17.5 Å². The van der Waals surface area contributed by atoms with E-state index < -0.39 is 25.9 Å². The van der Waals surface area contributed by atoms with Gasteiger partial charge in [-0.05, 0) is 12.5 Å². The first-order valence-corrected chi connectivity index (χ1v) is 8.95. The molecule has 1 unspecified atom stereocenters. The van der Waals surface area contributed by atoms with E-state index in [9.17, 15) is 16.8 Å². The molecule has 0 aromatic carbocycles. The fourth-order valence-corrected chi connectivity index (χ4v) is 5.49. The van der Waals surface area contributed by atoms with E-state index in [1.165, 1.54) is 12.3 Å². The van der Waals surface area contributed by atoms with Crippen molar-refractivity contribution in [3.8, 4) is 0 Å². The Morgan fingerprint density at radius 3 is 2.74 bits per heavy atom. The van der Waals surface area contributed by atoms with Crippen molar-refractivity contribution in [3.63, 3.8) is 0 Å². The van der Waals surface area contributed by atoms with E-state index in [2.05, 4.69) is 10.2 Å². The summed E-state index contributed by atoms with van der Waals surface area (Å²) in [5.41, 5.74) is 0. The standard InChI is InChI=1S/C9H15N3O5S2/c13-5-4-12(8-2-6-18(14,15)7-8)19(16,17)9-1-3-10-11-9/h1,3,8,13H,2,4-7H2,(H,10,11). The number of aliphatic hydroxyl groups is 1. The molecule has 1 aromatic rings. The number of rotatable bonds is 5. The van der Waals surface area contributed by atoms with Crippen LogP contribution in [0.5, 0.6) is 0 Å². The minimum absolute atomic E-state index is 0.0297. The minimum atomic E-state index is -3.86. The molecule has 0 radical (unpaired) electrons. The van der Waals surface area contributed by atoms with Gasteiger partial charge in [-0.15, -0.1) is 0 Å². The highest BCUT2D eigenvalue weighted by atomic mass is 32.2. The number of nitrogens with one attached hydrogen (secondary N) is 1. The highest BCUT2D eigenvalue weighted by Crippen LogP contribution is 2.23. The smallest absolute Gasteiger partial charge is 0.260 e. The average molecular weight is 309 g/mol. The zero-order valence-corrected chi connectivity index (χ0v) is 11.7. The number of sulfone groups is 1. The molecule has 8 nitrogen and oxygen atoms in total. The summed E-state index contributed by atoms with van der Waals surface area (Å²) in [4.78, 5) is 0. The Bertz CT molecular complexity index is 623. The van der Waals surface area contributed by atoms with Crippen molar-refractivity contribution >= 4 is 19.9 Å². The number of aliphatic hydroxyl groups excluding tert-OH is 1. The van der Waals surface area contributed by atoms with Crippen LogP contribution in [0.15, 0.2) is 17.3 Å². The van der Waals surface area contributed by atoms with Crippen LogP contribution in [0.1, 0.15) is 6.42 Å². The van der Waals surface area contributed by atoms with Crippen molar-refractivity contribution in [1.82, 2.24) is 14.5 Å². The third-order valence-electron chi connectivity index (χ3n) is 3.00. The number of aromatic amines is 1. The lowest BCUT2D eigenvalue weighted by Gasteiger charge is -2.25. The van der Waals surface area contributed by atoms with Gasteiger partial charge in [0.15, 0.2) is 14.9 Å². The Hall–Kier alpha value is -0.970. The van der Waals surface area contributed by atoms with Gasteiger partial charge >= 0.3 is 0 Å². The molecule has 19 heavy (non-hydrogen) atoms. The van der Waals surface area contributed by atoms with E-state index in [0.29, 0.717) is 0 Å². The van der Waals surface area contributed by atoms with Gasteiger partial charge in [-0.25, -0.2) is 16.8 Å². The maximum atomic E-state index is 12.3. The molecule has 108 valence electrons. The number of nitrogens with zero attached hydrogens (tertiary/aromatic N) is 2. The van der Waals surface area contributed by atoms with Gasteiger partial charge in [0.2, 0.25) is 0 Å². The molecule has 1 saturated heterocycles. The summed E-state index contributed by atoms with van der Waals surface area (Å²) in [7, 11) is -7.06. The first kappa shape index (κ1) is 14.4. The number of hydrogen-bond donors (Lipinski definition) is 2. The Morgan fingerprint density at radius 2 is 2.26 bits per heavy atom. The maximum Gasteiger partial charge on any atom is 0.260 e. The van der Waals surface area contributed by atoms with Gasteiger partial charge in [0.05, 0.1) is 24.3 Å². The summed E-state index contributed by atoms with van der Waals surface area (Å²) in [6.07, 6.45) is 1.55. The van der Waals surface area contributed by atoms with Crippen molar-refractivity contribution in [3.05, 3.63) is 12.3 Å². The van der Waals surface area contributed by atoms with E-state index in [-0.39, 0.29) is 36.1 Å². The van der Waals surface area contributed by atoms with Gasteiger partial charge in [-0.2, -0.15) is 9.40 Å². The molecule has 2 N–H and O–H groups in total. The average Bonchev–Trinajstić information content (AvgIpc) is 2.95. The largest absolute Gasteiger partial charge is 0.395 e. The lowest BCUT2D eigenvalue weighted by molar-refractivity contribution is 0.232. The highest BCUT2D eigenvalue weighted by Gasteiger charge is 2.38. The Balaban J connectivity index is 2.31. The molecule has 2 rings (SSSR count). The number of sulfonamides is 1. The molecule has 1 atom stereocenters. The molecular weight excluding hydrogens is 294 g/mol. The predicted octanol–water partition coefficient (Wildman–Crippen LogP) is -1.42. The van der Waals surface area contributed by atoms with Crippen LogP contribution in [0.25, 0.3) is 0 Å². The van der Waals surface area contributed by atoms with E-state index in [0.717, 1.165) is 4.31 Å². The van der Waals surface area contributed by atoms with Crippen LogP contribution in [0.3, 0.4) is 0 Å². The second-order valence-electron chi connectivity index (χ2n) is 4.32. The number of aromatic nitrogens is 2. The van der Waals surface area contributed by atoms with Gasteiger partial charge in [-0.3, -0.25) is 5.10 Å². The SMILES string of the molecule is O=S1(=O)CCC(N(CCO)S(=O)(=O)c2ccn[nH]2)C1. The molecule has 0 aliphatic carbocycles. The van der Waals surface area contributed by atoms with E-state index >= 15 is 0 Å². The summed E-state index contributed by atoms with van der Waals surface area (Å²) in [5, 5.41) is 14.8. The fourth-order valence-electron chi connectivity index (χ4n) is 2.11. The van der Waals surface area contributed by atoms with Crippen LogP contribution in [0.2, 0.25) is 0 Å². The summed E-state index contributed by atoms with van der Waals surface area (Å²) >= 11 is 0. The van der Waals surface area contributed by atoms with Gasteiger partial charge < -0.3 is 5.11 Å². The van der Waals surface area contributed by atoms with Crippen molar-refractivity contribution in [2.24, 2.45) is 0 Å². The number of H-pyrrole nitrogens is 1. The van der Waals surface area contributed by atoms with Crippen LogP contribution in [-0.4, -0.2) is 67.1 Å². The molecule has 1 aliphatic rings. The first-order valence-electron chi connectivity index (χ1n) is 5.69. The quantitative estimate of drug-likeness (QED) is 0.688. The third-order valence-corrected chi connectivity index (χ3v) is 6.63. The zero-order chi connectivity index (χ0) is 14.1. The van der Waals surface area contributed by atoms with Crippen LogP contribution in [0.4, 0.5) is 0 Å². The Labute approximate surface area is 111 Å². The zero-order valence-electron chi connectivity index (χ0n) is 10.1. The number of hydrogen-bond acceptors (Lipinski definition) is 6.